The summed E-state index contributed by atoms with van der Waals surface area (Å²) in [4.78, 5) is 27.6. The minimum atomic E-state index is -4.51. The fraction of sp³-hybridized carbons (Fsp3) is 0.433. The molecule has 0 saturated carbocycles. The van der Waals surface area contributed by atoms with Crippen LogP contribution in [0.5, 0.6) is 5.75 Å². The number of hydrogen-bond donors (Lipinski definition) is 3. The van der Waals surface area contributed by atoms with Crippen LogP contribution in [0.1, 0.15) is 36.4 Å². The van der Waals surface area contributed by atoms with Gasteiger partial charge in [0.05, 0.1) is 31.2 Å². The Morgan fingerprint density at radius 2 is 1.78 bits per heavy atom. The smallest absolute Gasteiger partial charge is 0.416 e. The average molecular weight is 668 g/mol. The topological polar surface area (TPSA) is 154 Å². The number of halogens is 3. The predicted octanol–water partition coefficient (Wildman–Crippen LogP) is 4.42. The second-order valence-corrected chi connectivity index (χ2v) is 13.3. The van der Waals surface area contributed by atoms with E-state index < -0.39 is 45.9 Å². The van der Waals surface area contributed by atoms with Gasteiger partial charge < -0.3 is 29.9 Å². The van der Waals surface area contributed by atoms with Gasteiger partial charge >= 0.3 is 12.2 Å². The van der Waals surface area contributed by atoms with E-state index in [-0.39, 0.29) is 59.7 Å². The van der Waals surface area contributed by atoms with Gasteiger partial charge in [-0.25, -0.2) is 13.2 Å². The number of aliphatic hydroxyl groups excluding tert-OH is 1. The second-order valence-electron chi connectivity index (χ2n) is 11.3. The predicted molar refractivity (Wildman–Crippen MR) is 162 cm³/mol. The Bertz CT molecular complexity index is 1660. The van der Waals surface area contributed by atoms with E-state index in [0.29, 0.717) is 11.3 Å². The highest BCUT2D eigenvalue weighted by atomic mass is 32.2. The number of sulfonamides is 1. The maximum Gasteiger partial charge on any atom is 0.416 e. The summed E-state index contributed by atoms with van der Waals surface area (Å²) in [7, 11) is -2.61. The Labute approximate surface area is 264 Å². The first kappa shape index (κ1) is 34.7. The Kier molecular flexibility index (Phi) is 10.3. The molecule has 0 radical (unpaired) electrons. The van der Waals surface area contributed by atoms with E-state index in [1.807, 2.05) is 6.92 Å². The summed E-state index contributed by atoms with van der Waals surface area (Å²) in [6.07, 6.45) is -5.41. The van der Waals surface area contributed by atoms with Gasteiger partial charge in [-0.2, -0.15) is 17.5 Å². The van der Waals surface area contributed by atoms with Crippen LogP contribution in [0.2, 0.25) is 0 Å². The van der Waals surface area contributed by atoms with Crippen LogP contribution in [0, 0.1) is 19.8 Å². The molecule has 0 unspecified atom stereocenters. The van der Waals surface area contributed by atoms with Crippen molar-refractivity contribution in [3.8, 4) is 5.75 Å². The Morgan fingerprint density at radius 1 is 1.15 bits per heavy atom. The lowest BCUT2D eigenvalue weighted by atomic mass is 10.0. The zero-order chi connectivity index (χ0) is 34.0. The van der Waals surface area contributed by atoms with Gasteiger partial charge in [-0.1, -0.05) is 12.1 Å². The molecule has 12 nitrogen and oxygen atoms in total. The number of aromatic nitrogens is 1. The normalized spacial score (nSPS) is 18.2. The molecule has 2 aromatic carbocycles. The number of aryl methyl sites for hydroxylation is 2. The number of benzene rings is 2. The molecule has 0 saturated heterocycles. The molecule has 0 bridgehead atoms. The summed E-state index contributed by atoms with van der Waals surface area (Å²) >= 11 is 0. The van der Waals surface area contributed by atoms with Crippen LogP contribution in [-0.4, -0.2) is 78.7 Å². The zero-order valence-electron chi connectivity index (χ0n) is 25.9. The Hall–Kier alpha value is -4.15. The average Bonchev–Trinajstić information content (AvgIpc) is 3.34. The summed E-state index contributed by atoms with van der Waals surface area (Å²) in [5, 5.41) is 18.7. The largest absolute Gasteiger partial charge is 0.488 e. The third-order valence-corrected chi connectivity index (χ3v) is 9.79. The van der Waals surface area contributed by atoms with Crippen molar-refractivity contribution in [1.29, 1.82) is 0 Å². The van der Waals surface area contributed by atoms with Crippen LogP contribution in [0.15, 0.2) is 51.9 Å². The van der Waals surface area contributed by atoms with Crippen molar-refractivity contribution in [2.24, 2.45) is 5.92 Å². The first-order valence-electron chi connectivity index (χ1n) is 14.4. The first-order chi connectivity index (χ1) is 21.5. The van der Waals surface area contributed by atoms with Crippen LogP contribution in [0.4, 0.5) is 29.3 Å². The van der Waals surface area contributed by atoms with Gasteiger partial charge in [-0.3, -0.25) is 4.79 Å². The van der Waals surface area contributed by atoms with Gasteiger partial charge in [0.2, 0.25) is 15.9 Å². The fourth-order valence-corrected chi connectivity index (χ4v) is 6.58. The highest BCUT2D eigenvalue weighted by Gasteiger charge is 2.35. The highest BCUT2D eigenvalue weighted by Crippen LogP contribution is 2.32. The number of ether oxygens (including phenoxy) is 1. The van der Waals surface area contributed by atoms with Gasteiger partial charge in [0.25, 0.3) is 0 Å². The number of amides is 3. The maximum absolute atomic E-state index is 13.5. The molecule has 3 atom stereocenters. The van der Waals surface area contributed by atoms with Gasteiger partial charge in [0.1, 0.15) is 22.4 Å². The summed E-state index contributed by atoms with van der Waals surface area (Å²) in [5.41, 5.74) is 0.151. The molecule has 16 heteroatoms. The van der Waals surface area contributed by atoms with E-state index >= 15 is 0 Å². The van der Waals surface area contributed by atoms with Gasteiger partial charge in [0, 0.05) is 36.4 Å². The number of nitrogens with one attached hydrogen (secondary N) is 2. The monoisotopic (exact) mass is 667 g/mol. The lowest BCUT2D eigenvalue weighted by Gasteiger charge is -2.33. The van der Waals surface area contributed by atoms with E-state index in [2.05, 4.69) is 15.8 Å². The molecule has 0 aliphatic carbocycles. The molecule has 0 spiro atoms. The van der Waals surface area contributed by atoms with Crippen molar-refractivity contribution in [2.75, 3.05) is 37.4 Å². The zero-order valence-corrected chi connectivity index (χ0v) is 26.7. The first-order valence-corrected chi connectivity index (χ1v) is 15.8. The molecule has 250 valence electrons. The van der Waals surface area contributed by atoms with Crippen molar-refractivity contribution in [1.82, 2.24) is 14.4 Å². The third kappa shape index (κ3) is 7.79. The Balaban J connectivity index is 1.60. The molecule has 3 aromatic rings. The molecule has 46 heavy (non-hydrogen) atoms. The number of nitrogens with zero attached hydrogens (tertiary/aromatic N) is 3. The minimum absolute atomic E-state index is 0.0397. The van der Waals surface area contributed by atoms with Crippen molar-refractivity contribution in [3.05, 3.63) is 65.0 Å². The van der Waals surface area contributed by atoms with Gasteiger partial charge in [-0.15, -0.1) is 0 Å². The maximum atomic E-state index is 13.5. The second kappa shape index (κ2) is 13.7. The molecule has 2 heterocycles. The van der Waals surface area contributed by atoms with E-state index in [0.717, 1.165) is 28.6 Å². The van der Waals surface area contributed by atoms with Crippen LogP contribution in [-0.2, 0) is 27.4 Å². The van der Waals surface area contributed by atoms with E-state index in [1.54, 1.807) is 13.0 Å². The molecule has 3 amide bonds. The molecule has 1 aromatic heterocycles. The van der Waals surface area contributed by atoms with Crippen LogP contribution >= 0.6 is 0 Å². The standard InChI is InChI=1S/C30H36F3N5O7S/c1-17-14-38(18(2)16-39)27(40)13-21-12-24(35-29(41)34-23-8-6-22(7-9-23)30(31,32)33)10-11-25(21)44-26(17)15-37(5)46(42,43)28-19(3)36-45-20(28)4/h6-12,17-18,26,39H,13-16H2,1-5H3,(H2,34,35,41)/t17-,18-,26-/m0/s1. The number of carbonyl (C=O) groups excluding carboxylic acids is 2. The van der Waals surface area contributed by atoms with E-state index in [4.69, 9.17) is 9.26 Å². The third-order valence-electron chi connectivity index (χ3n) is 7.72. The fourth-order valence-electron chi connectivity index (χ4n) is 5.11. The molecular formula is C30H36F3N5O7S. The lowest BCUT2D eigenvalue weighted by Crippen LogP contribution is -2.48. The number of anilines is 2. The number of rotatable bonds is 8. The number of carbonyl (C=O) groups is 2. The number of urea groups is 1. The van der Waals surface area contributed by atoms with Crippen LogP contribution in [0.3, 0.4) is 0 Å². The molecule has 1 aliphatic heterocycles. The highest BCUT2D eigenvalue weighted by molar-refractivity contribution is 7.89. The summed E-state index contributed by atoms with van der Waals surface area (Å²) in [5.74, 6) is -0.268. The van der Waals surface area contributed by atoms with Crippen molar-refractivity contribution >= 4 is 33.3 Å². The number of hydrogen-bond acceptors (Lipinski definition) is 8. The van der Waals surface area contributed by atoms with Crippen LogP contribution < -0.4 is 15.4 Å². The SMILES string of the molecule is Cc1noc(C)c1S(=O)(=O)N(C)C[C@@H]1Oc2ccc(NC(=O)Nc3ccc(C(F)(F)F)cc3)cc2CC(=O)N([C@@H](C)CO)C[C@@H]1C. The van der Waals surface area contributed by atoms with Crippen molar-refractivity contribution in [2.45, 2.75) is 57.3 Å². The van der Waals surface area contributed by atoms with Crippen molar-refractivity contribution < 1.29 is 45.5 Å². The number of aliphatic hydroxyl groups is 1. The Morgan fingerprint density at radius 3 is 2.37 bits per heavy atom. The van der Waals surface area contributed by atoms with Gasteiger partial charge in [0.15, 0.2) is 5.76 Å². The molecular weight excluding hydrogens is 631 g/mol. The van der Waals surface area contributed by atoms with E-state index in [9.17, 15) is 36.3 Å². The minimum Gasteiger partial charge on any atom is -0.488 e. The molecule has 3 N–H and O–H groups in total. The van der Waals surface area contributed by atoms with Gasteiger partial charge in [-0.05, 0) is 63.2 Å². The summed E-state index contributed by atoms with van der Waals surface area (Å²) in [6, 6.07) is 7.26. The summed E-state index contributed by atoms with van der Waals surface area (Å²) < 4.78 is 78.1. The molecule has 1 aliphatic rings. The molecule has 4 rings (SSSR count). The molecule has 0 fully saturated rings. The number of alkyl halides is 3. The quantitative estimate of drug-likeness (QED) is 0.319. The van der Waals surface area contributed by atoms with Crippen LogP contribution in [0.25, 0.3) is 0 Å². The van der Waals surface area contributed by atoms with E-state index in [1.165, 1.54) is 37.9 Å². The number of likely N-dealkylation sites (N-methyl/N-ethyl adjacent to an activating group) is 1. The number of fused-ring (bicyclic) bond motifs is 1. The lowest BCUT2D eigenvalue weighted by molar-refractivity contribution is -0.137. The summed E-state index contributed by atoms with van der Waals surface area (Å²) in [6.45, 7) is 6.31. The van der Waals surface area contributed by atoms with Crippen molar-refractivity contribution in [3.63, 3.8) is 0 Å².